The maximum atomic E-state index is 12.8. The minimum Gasteiger partial charge on any atom is -0.495 e. The first kappa shape index (κ1) is 21.9. The Morgan fingerprint density at radius 3 is 2.48 bits per heavy atom. The molecule has 2 aromatic carbocycles. The Kier molecular flexibility index (Phi) is 6.76. The number of carboxylic acid groups (broad SMARTS) is 1. The Bertz CT molecular complexity index is 1130. The normalized spacial score (nSPS) is 10.7. The molecule has 0 aliphatic heterocycles. The second kappa shape index (κ2) is 8.93. The summed E-state index contributed by atoms with van der Waals surface area (Å²) in [7, 11) is 1.39. The van der Waals surface area contributed by atoms with Crippen LogP contribution in [0.4, 0.5) is 5.00 Å². The number of hydrogen-bond acceptors (Lipinski definition) is 4. The number of halogens is 4. The van der Waals surface area contributed by atoms with Gasteiger partial charge >= 0.3 is 5.97 Å². The van der Waals surface area contributed by atoms with Crippen molar-refractivity contribution in [3.63, 3.8) is 0 Å². The van der Waals surface area contributed by atoms with E-state index in [1.165, 1.54) is 13.2 Å². The van der Waals surface area contributed by atoms with Gasteiger partial charge in [0.1, 0.15) is 21.3 Å². The fourth-order valence-corrected chi connectivity index (χ4v) is 4.82. The number of carbonyl (C=O) groups is 2. The molecule has 0 aliphatic carbocycles. The van der Waals surface area contributed by atoms with Crippen molar-refractivity contribution in [1.29, 1.82) is 0 Å². The van der Waals surface area contributed by atoms with Crippen LogP contribution in [0.15, 0.2) is 40.2 Å². The lowest BCUT2D eigenvalue weighted by atomic mass is 10.0. The summed E-state index contributed by atoms with van der Waals surface area (Å²) in [6, 6.07) is 8.55. The van der Waals surface area contributed by atoms with E-state index >= 15 is 0 Å². The van der Waals surface area contributed by atoms with Crippen LogP contribution in [-0.2, 0) is 0 Å². The van der Waals surface area contributed by atoms with E-state index in [1.807, 2.05) is 6.07 Å². The molecule has 0 saturated carbocycles. The molecule has 0 bridgehead atoms. The first-order valence-electron chi connectivity index (χ1n) is 7.88. The molecule has 3 rings (SSSR count). The summed E-state index contributed by atoms with van der Waals surface area (Å²) in [6.45, 7) is 0. The number of carboxylic acids is 1. The third-order valence-corrected chi connectivity index (χ3v) is 6.48. The van der Waals surface area contributed by atoms with Gasteiger partial charge in [0, 0.05) is 21.5 Å². The molecule has 0 fully saturated rings. The van der Waals surface area contributed by atoms with Gasteiger partial charge in [-0.3, -0.25) is 4.79 Å². The fraction of sp³-hybridized carbons (Fsp3) is 0.0526. The summed E-state index contributed by atoms with van der Waals surface area (Å²) in [5, 5.41) is 14.1. The molecule has 0 radical (unpaired) electrons. The standard InChI is InChI=1S/C19H11BrCl3NO4S/c1-28-12-6-11(21)14(16(23)15(12)22)17(25)24-18-13(19(26)27)10(7-29-18)8-3-2-4-9(20)5-8/h2-7H,1H3,(H,24,25)(H,26,27). The average molecular weight is 536 g/mol. The molecule has 2 N–H and O–H groups in total. The molecule has 0 spiro atoms. The lowest BCUT2D eigenvalue weighted by Gasteiger charge is -2.12. The summed E-state index contributed by atoms with van der Waals surface area (Å²) < 4.78 is 5.86. The van der Waals surface area contributed by atoms with Gasteiger partial charge in [-0.15, -0.1) is 11.3 Å². The van der Waals surface area contributed by atoms with Crippen LogP contribution in [-0.4, -0.2) is 24.1 Å². The number of aromatic carboxylic acids is 1. The van der Waals surface area contributed by atoms with Crippen molar-refractivity contribution < 1.29 is 19.4 Å². The molecule has 29 heavy (non-hydrogen) atoms. The molecule has 1 amide bonds. The zero-order valence-electron chi connectivity index (χ0n) is 14.6. The number of thiophene rings is 1. The van der Waals surface area contributed by atoms with Gasteiger partial charge in [0.15, 0.2) is 0 Å². The van der Waals surface area contributed by atoms with Crippen molar-refractivity contribution in [2.24, 2.45) is 0 Å². The van der Waals surface area contributed by atoms with Crippen LogP contribution >= 0.6 is 62.1 Å². The molecule has 5 nitrogen and oxygen atoms in total. The van der Waals surface area contributed by atoms with E-state index < -0.39 is 11.9 Å². The Hall–Kier alpha value is -1.77. The number of ether oxygens (including phenoxy) is 1. The molecule has 0 aliphatic rings. The number of methoxy groups -OCH3 is 1. The van der Waals surface area contributed by atoms with Gasteiger partial charge in [-0.2, -0.15) is 0 Å². The third-order valence-electron chi connectivity index (χ3n) is 3.94. The van der Waals surface area contributed by atoms with E-state index in [2.05, 4.69) is 21.2 Å². The molecular weight excluding hydrogens is 525 g/mol. The minimum atomic E-state index is -1.18. The molecule has 1 heterocycles. The lowest BCUT2D eigenvalue weighted by Crippen LogP contribution is -2.15. The Morgan fingerprint density at radius 1 is 1.14 bits per heavy atom. The van der Waals surface area contributed by atoms with Crippen LogP contribution in [0.1, 0.15) is 20.7 Å². The van der Waals surface area contributed by atoms with Crippen LogP contribution in [0.25, 0.3) is 11.1 Å². The van der Waals surface area contributed by atoms with Crippen LogP contribution in [0.5, 0.6) is 5.75 Å². The Morgan fingerprint density at radius 2 is 1.86 bits per heavy atom. The summed E-state index contributed by atoms with van der Waals surface area (Å²) in [5.74, 6) is -1.64. The van der Waals surface area contributed by atoms with Gasteiger partial charge in [0.2, 0.25) is 0 Å². The molecule has 0 saturated heterocycles. The van der Waals surface area contributed by atoms with E-state index in [0.29, 0.717) is 11.1 Å². The molecule has 0 unspecified atom stereocenters. The van der Waals surface area contributed by atoms with Crippen LogP contribution in [0, 0.1) is 0 Å². The van der Waals surface area contributed by atoms with Crippen molar-refractivity contribution in [2.45, 2.75) is 0 Å². The van der Waals surface area contributed by atoms with Gasteiger partial charge in [0.25, 0.3) is 5.91 Å². The summed E-state index contributed by atoms with van der Waals surface area (Å²) in [5.41, 5.74) is 1.06. The summed E-state index contributed by atoms with van der Waals surface area (Å²) in [6.07, 6.45) is 0. The fourth-order valence-electron chi connectivity index (χ4n) is 2.63. The van der Waals surface area contributed by atoms with Gasteiger partial charge in [0.05, 0.1) is 22.7 Å². The highest BCUT2D eigenvalue weighted by Crippen LogP contribution is 2.41. The number of nitrogens with one attached hydrogen (secondary N) is 1. The highest BCUT2D eigenvalue weighted by Gasteiger charge is 2.25. The van der Waals surface area contributed by atoms with Gasteiger partial charge < -0.3 is 15.2 Å². The molecule has 0 atom stereocenters. The van der Waals surface area contributed by atoms with E-state index in [1.54, 1.807) is 23.6 Å². The van der Waals surface area contributed by atoms with Gasteiger partial charge in [-0.05, 0) is 17.7 Å². The maximum Gasteiger partial charge on any atom is 0.339 e. The zero-order chi connectivity index (χ0) is 21.3. The smallest absolute Gasteiger partial charge is 0.339 e. The first-order valence-corrected chi connectivity index (χ1v) is 10.7. The topological polar surface area (TPSA) is 75.6 Å². The number of hydrogen-bond donors (Lipinski definition) is 2. The third kappa shape index (κ3) is 4.39. The second-order valence-electron chi connectivity index (χ2n) is 5.69. The first-order chi connectivity index (χ1) is 13.7. The van der Waals surface area contributed by atoms with Crippen molar-refractivity contribution in [1.82, 2.24) is 0 Å². The monoisotopic (exact) mass is 533 g/mol. The number of anilines is 1. The summed E-state index contributed by atoms with van der Waals surface area (Å²) in [4.78, 5) is 24.7. The number of rotatable bonds is 5. The molecule has 3 aromatic rings. The average Bonchev–Trinajstić information content (AvgIpc) is 3.08. The van der Waals surface area contributed by atoms with E-state index in [9.17, 15) is 14.7 Å². The molecule has 10 heteroatoms. The summed E-state index contributed by atoms with van der Waals surface area (Å²) >= 11 is 22.9. The minimum absolute atomic E-state index is 0.0226. The van der Waals surface area contributed by atoms with Gasteiger partial charge in [-0.1, -0.05) is 62.9 Å². The van der Waals surface area contributed by atoms with Gasteiger partial charge in [-0.25, -0.2) is 4.79 Å². The van der Waals surface area contributed by atoms with E-state index in [0.717, 1.165) is 15.8 Å². The van der Waals surface area contributed by atoms with Crippen molar-refractivity contribution in [3.8, 4) is 16.9 Å². The van der Waals surface area contributed by atoms with Crippen molar-refractivity contribution >= 4 is 78.9 Å². The number of benzene rings is 2. The number of amides is 1. The number of carbonyl (C=O) groups excluding carboxylic acids is 1. The molecule has 1 aromatic heterocycles. The van der Waals surface area contributed by atoms with Crippen LogP contribution < -0.4 is 10.1 Å². The van der Waals surface area contributed by atoms with Crippen molar-refractivity contribution in [2.75, 3.05) is 12.4 Å². The Balaban J connectivity index is 2.03. The van der Waals surface area contributed by atoms with E-state index in [4.69, 9.17) is 39.5 Å². The second-order valence-corrected chi connectivity index (χ2v) is 8.65. The maximum absolute atomic E-state index is 12.8. The quantitative estimate of drug-likeness (QED) is 0.342. The van der Waals surface area contributed by atoms with E-state index in [-0.39, 0.29) is 36.9 Å². The van der Waals surface area contributed by atoms with Crippen LogP contribution in [0.2, 0.25) is 15.1 Å². The highest BCUT2D eigenvalue weighted by atomic mass is 79.9. The largest absolute Gasteiger partial charge is 0.495 e. The Labute approximate surface area is 193 Å². The predicted molar refractivity (Wildman–Crippen MR) is 120 cm³/mol. The highest BCUT2D eigenvalue weighted by molar-refractivity contribution is 9.10. The lowest BCUT2D eigenvalue weighted by molar-refractivity contribution is 0.0699. The van der Waals surface area contributed by atoms with Crippen LogP contribution in [0.3, 0.4) is 0 Å². The SMILES string of the molecule is COc1cc(Cl)c(C(=O)Nc2scc(-c3cccc(Br)c3)c2C(=O)O)c(Cl)c1Cl. The molecular formula is C19H11BrCl3NO4S. The molecule has 150 valence electrons. The predicted octanol–water partition coefficient (Wildman–Crippen LogP) is 7.10. The van der Waals surface area contributed by atoms with Crippen molar-refractivity contribution in [3.05, 3.63) is 66.4 Å². The zero-order valence-corrected chi connectivity index (χ0v) is 19.2.